The van der Waals surface area contributed by atoms with Crippen LogP contribution in [0.25, 0.3) is 21.7 Å². The van der Waals surface area contributed by atoms with E-state index in [0.717, 1.165) is 18.9 Å². The highest BCUT2D eigenvalue weighted by molar-refractivity contribution is 6.08. The normalized spacial score (nSPS) is 14.2. The number of hydrogen-bond acceptors (Lipinski definition) is 2. The number of hydrogen-bond donors (Lipinski definition) is 1. The third kappa shape index (κ3) is 2.09. The zero-order chi connectivity index (χ0) is 14.6. The lowest BCUT2D eigenvalue weighted by molar-refractivity contribution is -0.643. The third-order valence-electron chi connectivity index (χ3n) is 4.37. The number of pyridine rings is 1. The maximum absolute atomic E-state index is 10.5. The summed E-state index contributed by atoms with van der Waals surface area (Å²) in [5, 5.41) is 14.2. The van der Waals surface area contributed by atoms with E-state index in [0.29, 0.717) is 0 Å². The van der Waals surface area contributed by atoms with Crippen molar-refractivity contribution in [1.29, 1.82) is 0 Å². The van der Waals surface area contributed by atoms with E-state index in [9.17, 15) is 5.11 Å². The predicted molar refractivity (Wildman–Crippen MR) is 85.3 cm³/mol. The molecular weight excluding hydrogens is 340 g/mol. The molecule has 3 aromatic rings. The first-order valence-corrected chi connectivity index (χ1v) is 7.41. The number of anilines is 1. The van der Waals surface area contributed by atoms with Crippen LogP contribution in [0, 0.1) is 0 Å². The largest absolute Gasteiger partial charge is 1.00 e. The van der Waals surface area contributed by atoms with Crippen LogP contribution in [0.5, 0.6) is 0 Å². The van der Waals surface area contributed by atoms with E-state index < -0.39 is 5.72 Å². The lowest BCUT2D eigenvalue weighted by Crippen LogP contribution is -3.00. The Kier molecular flexibility index (Phi) is 3.62. The van der Waals surface area contributed by atoms with Crippen molar-refractivity contribution in [3.8, 4) is 0 Å². The summed E-state index contributed by atoms with van der Waals surface area (Å²) in [6.45, 7) is 5.45. The molecule has 1 aromatic heterocycles. The lowest BCUT2D eigenvalue weighted by atomic mass is 10.0. The molecule has 2 heterocycles. The summed E-state index contributed by atoms with van der Waals surface area (Å²) in [5.74, 6) is 1.12. The van der Waals surface area contributed by atoms with Gasteiger partial charge in [0.25, 0.3) is 5.82 Å². The van der Waals surface area contributed by atoms with Gasteiger partial charge in [-0.3, -0.25) is 0 Å². The molecule has 0 spiro atoms. The highest BCUT2D eigenvalue weighted by atomic mass is 79.9. The van der Waals surface area contributed by atoms with Gasteiger partial charge in [-0.15, -0.1) is 0 Å². The molecule has 1 aliphatic rings. The number of para-hydroxylation sites is 1. The zero-order valence-electron chi connectivity index (χ0n) is 12.8. The SMILES string of the molecule is CC(C)(O)N1CC[n+]2c1c1ccccc1c1ccccc12.[Br-]. The Hall–Kier alpha value is -1.65. The summed E-state index contributed by atoms with van der Waals surface area (Å²) in [7, 11) is 0. The first-order valence-electron chi connectivity index (χ1n) is 7.41. The second-order valence-corrected chi connectivity index (χ2v) is 6.18. The number of fused-ring (bicyclic) bond motifs is 6. The molecule has 3 nitrogen and oxygen atoms in total. The maximum atomic E-state index is 10.5. The highest BCUT2D eigenvalue weighted by Gasteiger charge is 2.40. The molecule has 22 heavy (non-hydrogen) atoms. The van der Waals surface area contributed by atoms with Crippen molar-refractivity contribution < 1.29 is 26.7 Å². The molecule has 0 bridgehead atoms. The topological polar surface area (TPSA) is 27.3 Å². The monoisotopic (exact) mass is 358 g/mol. The van der Waals surface area contributed by atoms with Crippen LogP contribution >= 0.6 is 0 Å². The molecule has 0 unspecified atom stereocenters. The molecule has 0 saturated heterocycles. The second kappa shape index (κ2) is 5.21. The Balaban J connectivity index is 0.00000144. The Bertz CT molecular complexity index is 855. The molecule has 4 rings (SSSR count). The van der Waals surface area contributed by atoms with Gasteiger partial charge in [0.2, 0.25) is 0 Å². The average Bonchev–Trinajstić information content (AvgIpc) is 2.93. The van der Waals surface area contributed by atoms with Crippen molar-refractivity contribution >= 4 is 27.5 Å². The van der Waals surface area contributed by atoms with Crippen LogP contribution in [0.2, 0.25) is 0 Å². The summed E-state index contributed by atoms with van der Waals surface area (Å²) in [5.41, 5.74) is 0.377. The molecule has 0 aliphatic carbocycles. The van der Waals surface area contributed by atoms with Crippen LogP contribution in [0.4, 0.5) is 5.82 Å². The Labute approximate surface area is 140 Å². The van der Waals surface area contributed by atoms with Gasteiger partial charge in [-0.25, -0.2) is 9.47 Å². The number of nitrogens with zero attached hydrogens (tertiary/aromatic N) is 2. The van der Waals surface area contributed by atoms with Gasteiger partial charge in [0, 0.05) is 24.6 Å². The summed E-state index contributed by atoms with van der Waals surface area (Å²) >= 11 is 0. The molecule has 0 amide bonds. The number of rotatable bonds is 1. The average molecular weight is 359 g/mol. The minimum atomic E-state index is -0.858. The van der Waals surface area contributed by atoms with Gasteiger partial charge in [0.1, 0.15) is 18.6 Å². The van der Waals surface area contributed by atoms with Crippen molar-refractivity contribution in [3.63, 3.8) is 0 Å². The van der Waals surface area contributed by atoms with Crippen LogP contribution in [0.3, 0.4) is 0 Å². The molecule has 0 saturated carbocycles. The van der Waals surface area contributed by atoms with Gasteiger partial charge in [-0.05, 0) is 12.1 Å². The van der Waals surface area contributed by atoms with Crippen LogP contribution in [0.15, 0.2) is 48.5 Å². The fourth-order valence-corrected chi connectivity index (χ4v) is 3.47. The van der Waals surface area contributed by atoms with Gasteiger partial charge in [-0.2, -0.15) is 0 Å². The van der Waals surface area contributed by atoms with E-state index in [4.69, 9.17) is 0 Å². The molecule has 114 valence electrons. The highest BCUT2D eigenvalue weighted by Crippen LogP contribution is 2.34. The molecule has 1 N–H and O–H groups in total. The van der Waals surface area contributed by atoms with E-state index in [1.165, 1.54) is 21.7 Å². The summed E-state index contributed by atoms with van der Waals surface area (Å²) in [4.78, 5) is 2.10. The Morgan fingerprint density at radius 3 is 2.23 bits per heavy atom. The number of aliphatic hydroxyl groups is 1. The minimum Gasteiger partial charge on any atom is -1.00 e. The minimum absolute atomic E-state index is 0. The molecule has 0 fully saturated rings. The second-order valence-electron chi connectivity index (χ2n) is 6.18. The van der Waals surface area contributed by atoms with E-state index in [-0.39, 0.29) is 17.0 Å². The van der Waals surface area contributed by atoms with E-state index in [2.05, 4.69) is 58.0 Å². The van der Waals surface area contributed by atoms with Crippen LogP contribution < -0.4 is 26.4 Å². The lowest BCUT2D eigenvalue weighted by Gasteiger charge is -2.25. The molecule has 0 radical (unpaired) electrons. The Morgan fingerprint density at radius 2 is 1.55 bits per heavy atom. The molecule has 2 aromatic carbocycles. The van der Waals surface area contributed by atoms with Crippen molar-refractivity contribution in [2.45, 2.75) is 26.1 Å². The Morgan fingerprint density at radius 1 is 0.955 bits per heavy atom. The van der Waals surface area contributed by atoms with Gasteiger partial charge >= 0.3 is 0 Å². The standard InChI is InChI=1S/C18H19N2O.BrH/c1-18(2,21)20-12-11-19-16-10-6-5-8-14(16)13-7-3-4-9-15(13)17(19)20;/h3-10,21H,11-12H2,1-2H3;1H/q+1;/p-1. The smallest absolute Gasteiger partial charge is 0.287 e. The maximum Gasteiger partial charge on any atom is 0.287 e. The van der Waals surface area contributed by atoms with Crippen molar-refractivity contribution in [2.24, 2.45) is 0 Å². The molecule has 4 heteroatoms. The first kappa shape index (κ1) is 15.3. The van der Waals surface area contributed by atoms with Crippen LogP contribution in [0.1, 0.15) is 13.8 Å². The van der Waals surface area contributed by atoms with Gasteiger partial charge in [0.05, 0.1) is 5.39 Å². The fraction of sp³-hybridized carbons (Fsp3) is 0.278. The molecular formula is C18H19BrN2O. The third-order valence-corrected chi connectivity index (χ3v) is 4.37. The van der Waals surface area contributed by atoms with Gasteiger partial charge in [0.15, 0.2) is 5.72 Å². The van der Waals surface area contributed by atoms with Crippen molar-refractivity contribution in [1.82, 2.24) is 0 Å². The first-order chi connectivity index (χ1) is 10.1. The summed E-state index contributed by atoms with van der Waals surface area (Å²) in [6, 6.07) is 17.0. The van der Waals surface area contributed by atoms with Gasteiger partial charge < -0.3 is 22.1 Å². The summed E-state index contributed by atoms with van der Waals surface area (Å²) < 4.78 is 2.33. The molecule has 0 atom stereocenters. The number of halogens is 1. The van der Waals surface area contributed by atoms with E-state index >= 15 is 0 Å². The number of benzene rings is 2. The van der Waals surface area contributed by atoms with Gasteiger partial charge in [-0.1, -0.05) is 36.4 Å². The van der Waals surface area contributed by atoms with Crippen molar-refractivity contribution in [3.05, 3.63) is 48.5 Å². The van der Waals surface area contributed by atoms with E-state index in [1.54, 1.807) is 0 Å². The van der Waals surface area contributed by atoms with E-state index in [1.807, 2.05) is 13.8 Å². The molecule has 1 aliphatic heterocycles. The fourth-order valence-electron chi connectivity index (χ4n) is 3.47. The predicted octanol–water partition coefficient (Wildman–Crippen LogP) is -0.167. The van der Waals surface area contributed by atoms with Crippen LogP contribution in [-0.4, -0.2) is 17.4 Å². The van der Waals surface area contributed by atoms with Crippen LogP contribution in [-0.2, 0) is 6.54 Å². The summed E-state index contributed by atoms with van der Waals surface area (Å²) in [6.07, 6.45) is 0. The number of aromatic nitrogens is 1. The van der Waals surface area contributed by atoms with Crippen molar-refractivity contribution in [2.75, 3.05) is 11.4 Å². The zero-order valence-corrected chi connectivity index (χ0v) is 14.3. The quantitative estimate of drug-likeness (QED) is 0.483.